The van der Waals surface area contributed by atoms with Crippen LogP contribution in [-0.2, 0) is 25.1 Å². The lowest BCUT2D eigenvalue weighted by Gasteiger charge is -2.23. The SMILES string of the molecule is CCN(Cc1nc(C(F)(F)F)ccc1Cl)C(=O)S[C@@H](S)c1cc(C(F)(F)F)cc(C(F)(F)F)c1. The van der Waals surface area contributed by atoms with Gasteiger partial charge in [0.25, 0.3) is 5.24 Å². The Morgan fingerprint density at radius 2 is 1.53 bits per heavy atom. The Bertz CT molecular complexity index is 1010. The highest BCUT2D eigenvalue weighted by molar-refractivity contribution is 8.20. The maximum Gasteiger partial charge on any atom is 0.433 e. The molecule has 188 valence electrons. The number of rotatable bonds is 5. The zero-order valence-corrected chi connectivity index (χ0v) is 19.3. The fourth-order valence-corrected chi connectivity index (χ4v) is 3.99. The first-order valence-electron chi connectivity index (χ1n) is 9.09. The summed E-state index contributed by atoms with van der Waals surface area (Å²) < 4.78 is 116. The molecule has 0 aliphatic carbocycles. The van der Waals surface area contributed by atoms with Crippen molar-refractivity contribution < 1.29 is 44.3 Å². The first kappa shape index (κ1) is 28.4. The van der Waals surface area contributed by atoms with Gasteiger partial charge in [-0.05, 0) is 54.6 Å². The molecule has 0 aliphatic heterocycles. The van der Waals surface area contributed by atoms with Crippen LogP contribution in [0.2, 0.25) is 5.02 Å². The van der Waals surface area contributed by atoms with E-state index >= 15 is 0 Å². The summed E-state index contributed by atoms with van der Waals surface area (Å²) >= 11 is 10.1. The Morgan fingerprint density at radius 1 is 1.00 bits per heavy atom. The molecule has 1 atom stereocenters. The average molecular weight is 557 g/mol. The van der Waals surface area contributed by atoms with Gasteiger partial charge in [-0.2, -0.15) is 52.1 Å². The van der Waals surface area contributed by atoms with Crippen LogP contribution in [0.15, 0.2) is 30.3 Å². The summed E-state index contributed by atoms with van der Waals surface area (Å²) in [4.78, 5) is 17.0. The van der Waals surface area contributed by atoms with Gasteiger partial charge in [0.05, 0.1) is 33.0 Å². The minimum atomic E-state index is -5.08. The molecule has 0 fully saturated rings. The number of amides is 1. The smallest absolute Gasteiger partial charge is 0.328 e. The number of thiol groups is 1. The predicted molar refractivity (Wildman–Crippen MR) is 111 cm³/mol. The van der Waals surface area contributed by atoms with Gasteiger partial charge in [-0.3, -0.25) is 4.79 Å². The number of nitrogens with zero attached hydrogens (tertiary/aromatic N) is 2. The van der Waals surface area contributed by atoms with Crippen molar-refractivity contribution in [2.45, 2.75) is 36.6 Å². The van der Waals surface area contributed by atoms with Crippen molar-refractivity contribution in [1.29, 1.82) is 0 Å². The molecule has 0 spiro atoms. The molecule has 34 heavy (non-hydrogen) atoms. The molecule has 2 rings (SSSR count). The second-order valence-corrected chi connectivity index (χ2v) is 9.04. The molecule has 0 N–H and O–H groups in total. The zero-order chi connectivity index (χ0) is 26.1. The number of alkyl halides is 9. The van der Waals surface area contributed by atoms with E-state index in [1.807, 2.05) is 0 Å². The minimum absolute atomic E-state index is 0.0594. The zero-order valence-electron chi connectivity index (χ0n) is 16.8. The molecule has 1 heterocycles. The van der Waals surface area contributed by atoms with Crippen LogP contribution in [0.5, 0.6) is 0 Å². The van der Waals surface area contributed by atoms with E-state index < -0.39 is 57.3 Å². The van der Waals surface area contributed by atoms with Gasteiger partial charge in [0.2, 0.25) is 0 Å². The quantitative estimate of drug-likeness (QED) is 0.229. The first-order valence-corrected chi connectivity index (χ1v) is 10.9. The molecule has 3 nitrogen and oxygen atoms in total. The maximum absolute atomic E-state index is 13.1. The maximum atomic E-state index is 13.1. The van der Waals surface area contributed by atoms with Crippen LogP contribution in [0.25, 0.3) is 0 Å². The number of thioether (sulfide) groups is 1. The topological polar surface area (TPSA) is 33.2 Å². The lowest BCUT2D eigenvalue weighted by atomic mass is 10.1. The third-order valence-electron chi connectivity index (χ3n) is 4.30. The van der Waals surface area contributed by atoms with E-state index in [-0.39, 0.29) is 35.1 Å². The number of halogens is 10. The number of hydrogen-bond acceptors (Lipinski definition) is 4. The van der Waals surface area contributed by atoms with Crippen LogP contribution in [0.1, 0.15) is 39.6 Å². The molecule has 2 aromatic rings. The Morgan fingerprint density at radius 3 is 1.97 bits per heavy atom. The Labute approximate surface area is 202 Å². The van der Waals surface area contributed by atoms with E-state index in [2.05, 4.69) is 17.6 Å². The van der Waals surface area contributed by atoms with E-state index in [9.17, 15) is 44.3 Å². The van der Waals surface area contributed by atoms with Crippen molar-refractivity contribution in [1.82, 2.24) is 9.88 Å². The van der Waals surface area contributed by atoms with Gasteiger partial charge >= 0.3 is 18.5 Å². The van der Waals surface area contributed by atoms with Crippen molar-refractivity contribution in [2.75, 3.05) is 6.54 Å². The minimum Gasteiger partial charge on any atom is -0.328 e. The van der Waals surface area contributed by atoms with Crippen LogP contribution in [0.3, 0.4) is 0 Å². The number of carbonyl (C=O) groups is 1. The molecule has 0 saturated heterocycles. The molecule has 0 bridgehead atoms. The number of pyridine rings is 1. The first-order chi connectivity index (χ1) is 15.4. The molecule has 0 saturated carbocycles. The largest absolute Gasteiger partial charge is 0.433 e. The normalized spacial score (nSPS) is 13.6. The molecule has 1 amide bonds. The highest BCUT2D eigenvalue weighted by Gasteiger charge is 2.38. The summed E-state index contributed by atoms with van der Waals surface area (Å²) in [6, 6.07) is 2.41. The fraction of sp³-hybridized carbons (Fsp3) is 0.368. The average Bonchev–Trinajstić information content (AvgIpc) is 2.70. The Hall–Kier alpha value is -1.80. The lowest BCUT2D eigenvalue weighted by Crippen LogP contribution is -2.28. The summed E-state index contributed by atoms with van der Waals surface area (Å²) in [6.07, 6.45) is -14.9. The summed E-state index contributed by atoms with van der Waals surface area (Å²) in [5, 5.41) is -1.04. The predicted octanol–water partition coefficient (Wildman–Crippen LogP) is 8.10. The number of carbonyl (C=O) groups excluding carboxylic acids is 1. The van der Waals surface area contributed by atoms with E-state index in [1.165, 1.54) is 6.92 Å². The van der Waals surface area contributed by atoms with Gasteiger partial charge in [0.15, 0.2) is 0 Å². The molecule has 1 aromatic heterocycles. The number of benzene rings is 1. The summed E-state index contributed by atoms with van der Waals surface area (Å²) in [6.45, 7) is 0.901. The van der Waals surface area contributed by atoms with Crippen LogP contribution in [-0.4, -0.2) is 21.7 Å². The van der Waals surface area contributed by atoms with Gasteiger partial charge in [-0.1, -0.05) is 11.6 Å². The van der Waals surface area contributed by atoms with E-state index in [4.69, 9.17) is 11.6 Å². The fourth-order valence-electron chi connectivity index (χ4n) is 2.60. The third kappa shape index (κ3) is 7.35. The van der Waals surface area contributed by atoms with Gasteiger partial charge in [0.1, 0.15) is 5.69 Å². The summed E-state index contributed by atoms with van der Waals surface area (Å²) in [5.41, 5.74) is -5.22. The van der Waals surface area contributed by atoms with Gasteiger partial charge in [0, 0.05) is 6.54 Å². The second-order valence-electron chi connectivity index (χ2n) is 6.71. The van der Waals surface area contributed by atoms with Gasteiger partial charge < -0.3 is 4.90 Å². The van der Waals surface area contributed by atoms with Crippen LogP contribution < -0.4 is 0 Å². The van der Waals surface area contributed by atoms with Crippen molar-refractivity contribution in [2.24, 2.45) is 0 Å². The summed E-state index contributed by atoms with van der Waals surface area (Å²) in [7, 11) is 0. The molecular formula is C19H14ClF9N2OS2. The Kier molecular flexibility index (Phi) is 8.73. The van der Waals surface area contributed by atoms with Crippen molar-refractivity contribution in [3.63, 3.8) is 0 Å². The monoisotopic (exact) mass is 556 g/mol. The van der Waals surface area contributed by atoms with Crippen molar-refractivity contribution >= 4 is 41.2 Å². The molecule has 15 heteroatoms. The molecule has 0 radical (unpaired) electrons. The highest BCUT2D eigenvalue weighted by Crippen LogP contribution is 2.42. The van der Waals surface area contributed by atoms with Crippen molar-refractivity contribution in [3.05, 3.63) is 63.4 Å². The van der Waals surface area contributed by atoms with E-state index in [1.54, 1.807) is 0 Å². The van der Waals surface area contributed by atoms with E-state index in [0.29, 0.717) is 18.2 Å². The lowest BCUT2D eigenvalue weighted by molar-refractivity contribution is -0.143. The molecule has 1 aromatic carbocycles. The van der Waals surface area contributed by atoms with Crippen LogP contribution in [0, 0.1) is 0 Å². The molecule has 0 aliphatic rings. The van der Waals surface area contributed by atoms with Crippen LogP contribution >= 0.6 is 36.0 Å². The summed E-state index contributed by atoms with van der Waals surface area (Å²) in [5.74, 6) is 0. The van der Waals surface area contributed by atoms with Crippen LogP contribution in [0.4, 0.5) is 44.3 Å². The molecule has 0 unspecified atom stereocenters. The van der Waals surface area contributed by atoms with Gasteiger partial charge in [-0.15, -0.1) is 0 Å². The highest BCUT2D eigenvalue weighted by atomic mass is 35.5. The second kappa shape index (κ2) is 10.4. The number of aromatic nitrogens is 1. The van der Waals surface area contributed by atoms with E-state index in [0.717, 1.165) is 11.0 Å². The standard InChI is InChI=1S/C19H14ClF9N2OS2/c1-2-31(8-13-12(20)3-4-14(30-13)19(27,28)29)16(32)34-15(33)9-5-10(17(21,22)23)7-11(6-9)18(24,25)26/h3-7,15,33H,2,8H2,1H3/t15-/m1/s1. The third-order valence-corrected chi connectivity index (χ3v) is 6.21. The van der Waals surface area contributed by atoms with Gasteiger partial charge in [-0.25, -0.2) is 4.98 Å². The molecular weight excluding hydrogens is 543 g/mol. The number of hydrogen-bond donors (Lipinski definition) is 1. The Balaban J connectivity index is 2.29. The van der Waals surface area contributed by atoms with Crippen molar-refractivity contribution in [3.8, 4) is 0 Å².